The highest BCUT2D eigenvalue weighted by Gasteiger charge is 2.47. The van der Waals surface area contributed by atoms with Gasteiger partial charge in [0.15, 0.2) is 0 Å². The van der Waals surface area contributed by atoms with Crippen LogP contribution in [0.4, 0.5) is 0 Å². The second-order valence-electron chi connectivity index (χ2n) is 7.12. The number of hydrogen-bond donors (Lipinski definition) is 0. The Kier molecular flexibility index (Phi) is 3.45. The highest BCUT2D eigenvalue weighted by Crippen LogP contribution is 2.49. The van der Waals surface area contributed by atoms with Crippen LogP contribution in [0, 0.1) is 0 Å². The van der Waals surface area contributed by atoms with E-state index in [1.54, 1.807) is 0 Å². The quantitative estimate of drug-likeness (QED) is 0.803. The van der Waals surface area contributed by atoms with Gasteiger partial charge in [0, 0.05) is 23.9 Å². The molecule has 1 aromatic rings. The van der Waals surface area contributed by atoms with Crippen LogP contribution in [-0.4, -0.2) is 44.2 Å². The van der Waals surface area contributed by atoms with Crippen molar-refractivity contribution in [2.24, 2.45) is 0 Å². The van der Waals surface area contributed by atoms with Crippen molar-refractivity contribution in [2.75, 3.05) is 5.75 Å². The van der Waals surface area contributed by atoms with Crippen molar-refractivity contribution in [1.82, 2.24) is 15.1 Å². The summed E-state index contributed by atoms with van der Waals surface area (Å²) in [5.74, 6) is 8.16. The van der Waals surface area contributed by atoms with Gasteiger partial charge < -0.3 is 4.42 Å². The van der Waals surface area contributed by atoms with Crippen LogP contribution >= 0.6 is 10.5 Å². The molecule has 116 valence electrons. The van der Waals surface area contributed by atoms with Gasteiger partial charge in [-0.25, -0.2) is 0 Å². The lowest BCUT2D eigenvalue weighted by atomic mass is 9.90. The zero-order valence-electron chi connectivity index (χ0n) is 13.0. The fourth-order valence-electron chi connectivity index (χ4n) is 4.24. The van der Waals surface area contributed by atoms with Crippen LogP contribution < -0.4 is 0 Å². The van der Waals surface area contributed by atoms with Crippen molar-refractivity contribution >= 4 is 16.4 Å². The Morgan fingerprint density at radius 1 is 1.19 bits per heavy atom. The third kappa shape index (κ3) is 2.29. The van der Waals surface area contributed by atoms with Crippen molar-refractivity contribution in [3.63, 3.8) is 0 Å². The molecular weight excluding hydrogens is 282 g/mol. The molecule has 1 aromatic heterocycles. The maximum absolute atomic E-state index is 5.91. The van der Waals surface area contributed by atoms with Crippen molar-refractivity contribution < 1.29 is 4.42 Å². The van der Waals surface area contributed by atoms with Crippen LogP contribution in [0.25, 0.3) is 0 Å². The van der Waals surface area contributed by atoms with Gasteiger partial charge in [0.25, 0.3) is 0 Å². The molecule has 4 rings (SSSR count). The second-order valence-corrected chi connectivity index (χ2v) is 9.15. The van der Waals surface area contributed by atoms with E-state index in [2.05, 4.69) is 34.8 Å². The molecule has 0 amide bonds. The van der Waals surface area contributed by atoms with Gasteiger partial charge >= 0.3 is 0 Å². The van der Waals surface area contributed by atoms with E-state index in [1.807, 2.05) is 0 Å². The monoisotopic (exact) mass is 307 g/mol. The number of nitrogens with zero attached hydrogens (tertiary/aromatic N) is 3. The largest absolute Gasteiger partial charge is 0.425 e. The third-order valence-electron chi connectivity index (χ3n) is 5.43. The Balaban J connectivity index is 1.50. The predicted octanol–water partition coefficient (Wildman–Crippen LogP) is 3.33. The first-order chi connectivity index (χ1) is 10.1. The van der Waals surface area contributed by atoms with Crippen LogP contribution in [0.1, 0.15) is 69.6 Å². The van der Waals surface area contributed by atoms with Crippen molar-refractivity contribution in [3.8, 4) is 0 Å². The molecule has 2 bridgehead atoms. The number of rotatable bonds is 3. The van der Waals surface area contributed by atoms with Crippen LogP contribution in [0.5, 0.6) is 0 Å². The minimum absolute atomic E-state index is 0.325. The summed E-state index contributed by atoms with van der Waals surface area (Å²) < 4.78 is 5.91. The van der Waals surface area contributed by atoms with Gasteiger partial charge in [-0.1, -0.05) is 19.7 Å². The molecular formula is C16H25N3OS. The van der Waals surface area contributed by atoms with Gasteiger partial charge in [0.1, 0.15) is 0 Å². The standard InChI is InChI=1S/C16H25N3OS/c1-10(2)15-17-18-16(20-15)11-8-12-4-5-13(9-11)19(12)14-6-7-21(14)3/h10-14H,3-9H2,1-2H3. The highest BCUT2D eigenvalue weighted by molar-refractivity contribution is 8.15. The van der Waals surface area contributed by atoms with E-state index in [1.165, 1.54) is 37.9 Å². The molecule has 3 fully saturated rings. The number of fused-ring (bicyclic) bond motifs is 2. The van der Waals surface area contributed by atoms with E-state index in [0.29, 0.717) is 22.3 Å². The molecule has 3 saturated heterocycles. The van der Waals surface area contributed by atoms with E-state index >= 15 is 0 Å². The average Bonchev–Trinajstić information content (AvgIpc) is 3.01. The van der Waals surface area contributed by atoms with E-state index in [4.69, 9.17) is 4.42 Å². The maximum Gasteiger partial charge on any atom is 0.219 e. The average molecular weight is 307 g/mol. The van der Waals surface area contributed by atoms with Crippen LogP contribution in [0.3, 0.4) is 0 Å². The summed E-state index contributed by atoms with van der Waals surface area (Å²) in [6, 6.07) is 1.45. The summed E-state index contributed by atoms with van der Waals surface area (Å²) in [4.78, 5) is 2.82. The Labute approximate surface area is 129 Å². The molecule has 0 radical (unpaired) electrons. The first-order valence-electron chi connectivity index (χ1n) is 8.23. The molecule has 3 aliphatic heterocycles. The van der Waals surface area contributed by atoms with Crippen molar-refractivity contribution in [1.29, 1.82) is 0 Å². The van der Waals surface area contributed by atoms with E-state index < -0.39 is 0 Å². The first kappa shape index (κ1) is 13.9. The smallest absolute Gasteiger partial charge is 0.219 e. The Morgan fingerprint density at radius 3 is 2.38 bits per heavy atom. The molecule has 0 N–H and O–H groups in total. The van der Waals surface area contributed by atoms with Gasteiger partial charge in [0.2, 0.25) is 11.8 Å². The lowest BCUT2D eigenvalue weighted by molar-refractivity contribution is 0.0998. The Bertz CT molecular complexity index is 541. The van der Waals surface area contributed by atoms with Crippen LogP contribution in [-0.2, 0) is 0 Å². The van der Waals surface area contributed by atoms with Crippen LogP contribution in [0.2, 0.25) is 0 Å². The Morgan fingerprint density at radius 2 is 1.90 bits per heavy atom. The van der Waals surface area contributed by atoms with E-state index in [0.717, 1.165) is 29.2 Å². The predicted molar refractivity (Wildman–Crippen MR) is 87.0 cm³/mol. The molecule has 3 aliphatic rings. The molecule has 0 aliphatic carbocycles. The number of hydrogen-bond acceptors (Lipinski definition) is 4. The van der Waals surface area contributed by atoms with Crippen molar-refractivity contribution in [3.05, 3.63) is 11.8 Å². The number of aromatic nitrogens is 2. The fourth-order valence-corrected chi connectivity index (χ4v) is 5.71. The topological polar surface area (TPSA) is 42.2 Å². The van der Waals surface area contributed by atoms with Gasteiger partial charge in [0.05, 0.1) is 5.37 Å². The minimum Gasteiger partial charge on any atom is -0.425 e. The lowest BCUT2D eigenvalue weighted by Crippen LogP contribution is -2.50. The molecule has 0 spiro atoms. The van der Waals surface area contributed by atoms with Gasteiger partial charge in [-0.15, -0.1) is 10.2 Å². The maximum atomic E-state index is 5.91. The lowest BCUT2D eigenvalue weighted by Gasteiger charge is -2.48. The zero-order valence-corrected chi connectivity index (χ0v) is 13.8. The molecule has 21 heavy (non-hydrogen) atoms. The van der Waals surface area contributed by atoms with E-state index in [-0.39, 0.29) is 0 Å². The van der Waals surface area contributed by atoms with Crippen molar-refractivity contribution in [2.45, 2.75) is 75.2 Å². The Hall–Kier alpha value is -0.680. The third-order valence-corrected chi connectivity index (χ3v) is 7.44. The first-order valence-corrected chi connectivity index (χ1v) is 9.86. The molecule has 4 atom stereocenters. The molecule has 4 heterocycles. The zero-order chi connectivity index (χ0) is 14.6. The summed E-state index contributed by atoms with van der Waals surface area (Å²) in [7, 11) is 0.388. The van der Waals surface area contributed by atoms with Gasteiger partial charge in [-0.2, -0.15) is 10.5 Å². The molecule has 4 nitrogen and oxygen atoms in total. The van der Waals surface area contributed by atoms with Gasteiger partial charge in [-0.05, 0) is 37.9 Å². The molecule has 5 heteroatoms. The molecule has 0 saturated carbocycles. The van der Waals surface area contributed by atoms with Crippen LogP contribution in [0.15, 0.2) is 4.42 Å². The minimum atomic E-state index is 0.325. The summed E-state index contributed by atoms with van der Waals surface area (Å²) >= 11 is 0. The summed E-state index contributed by atoms with van der Waals surface area (Å²) in [6.45, 7) is 4.21. The number of piperidine rings is 1. The summed E-state index contributed by atoms with van der Waals surface area (Å²) in [5, 5.41) is 9.32. The fraction of sp³-hybridized carbons (Fsp3) is 0.812. The summed E-state index contributed by atoms with van der Waals surface area (Å²) in [6.07, 6.45) is 6.45. The SMILES string of the molecule is C=S1CCC1N1C2CCC1CC(c1nnc(C(C)C)o1)C2. The molecule has 0 aromatic carbocycles. The normalized spacial score (nSPS) is 39.7. The summed E-state index contributed by atoms with van der Waals surface area (Å²) in [5.41, 5.74) is 0. The second kappa shape index (κ2) is 5.20. The highest BCUT2D eigenvalue weighted by atomic mass is 32.2. The molecule has 4 unspecified atom stereocenters. The van der Waals surface area contributed by atoms with E-state index in [9.17, 15) is 0 Å². The van der Waals surface area contributed by atoms with Gasteiger partial charge in [-0.3, -0.25) is 4.90 Å².